The summed E-state index contributed by atoms with van der Waals surface area (Å²) in [5.74, 6) is 0.509. The van der Waals surface area contributed by atoms with Gasteiger partial charge in [0.05, 0.1) is 12.4 Å². The van der Waals surface area contributed by atoms with Crippen molar-refractivity contribution in [3.05, 3.63) is 0 Å². The highest BCUT2D eigenvalue weighted by Crippen LogP contribution is 2.06. The summed E-state index contributed by atoms with van der Waals surface area (Å²) in [5.41, 5.74) is 0. The molecule has 0 unspecified atom stereocenters. The van der Waals surface area contributed by atoms with Gasteiger partial charge in [-0.1, -0.05) is 13.3 Å². The van der Waals surface area contributed by atoms with Crippen LogP contribution in [0.2, 0.25) is 0 Å². The van der Waals surface area contributed by atoms with Gasteiger partial charge >= 0.3 is 0 Å². The average molecular weight is 272 g/mol. The standard InChI is InChI=1S/C10H22ClNO3S/c1-3-4-7-12(8-9-15-2)16(13,14)10-5-6-11/h3-10H2,1-2H3. The molecule has 0 radical (unpaired) electrons. The summed E-state index contributed by atoms with van der Waals surface area (Å²) in [6.07, 6.45) is 2.36. The number of halogens is 1. The first-order valence-electron chi connectivity index (χ1n) is 5.61. The molecule has 0 spiro atoms. The largest absolute Gasteiger partial charge is 0.383 e. The number of alkyl halides is 1. The molecule has 0 aliphatic carbocycles. The molecule has 0 heterocycles. The lowest BCUT2D eigenvalue weighted by Gasteiger charge is -2.21. The molecule has 0 amide bonds. The van der Waals surface area contributed by atoms with Crippen molar-refractivity contribution in [1.82, 2.24) is 4.31 Å². The van der Waals surface area contributed by atoms with E-state index in [-0.39, 0.29) is 5.75 Å². The third-order valence-corrected chi connectivity index (χ3v) is 4.46. The Morgan fingerprint density at radius 1 is 1.25 bits per heavy atom. The van der Waals surface area contributed by atoms with Gasteiger partial charge in [-0.25, -0.2) is 8.42 Å². The van der Waals surface area contributed by atoms with Gasteiger partial charge in [-0.05, 0) is 12.8 Å². The van der Waals surface area contributed by atoms with Gasteiger partial charge in [0.2, 0.25) is 10.0 Å². The van der Waals surface area contributed by atoms with Crippen molar-refractivity contribution < 1.29 is 13.2 Å². The predicted octanol–water partition coefficient (Wildman–Crippen LogP) is 1.69. The number of hydrogen-bond acceptors (Lipinski definition) is 3. The summed E-state index contributed by atoms with van der Waals surface area (Å²) >= 11 is 5.51. The van der Waals surface area contributed by atoms with E-state index in [2.05, 4.69) is 0 Å². The van der Waals surface area contributed by atoms with E-state index >= 15 is 0 Å². The van der Waals surface area contributed by atoms with Crippen LogP contribution in [0.15, 0.2) is 0 Å². The first-order valence-corrected chi connectivity index (χ1v) is 7.75. The lowest BCUT2D eigenvalue weighted by Crippen LogP contribution is -2.36. The quantitative estimate of drug-likeness (QED) is 0.568. The van der Waals surface area contributed by atoms with Crippen LogP contribution in [0.4, 0.5) is 0 Å². The van der Waals surface area contributed by atoms with E-state index in [0.29, 0.717) is 32.0 Å². The molecule has 98 valence electrons. The minimum absolute atomic E-state index is 0.129. The Balaban J connectivity index is 4.33. The molecule has 0 bridgehead atoms. The van der Waals surface area contributed by atoms with Gasteiger partial charge in [0.15, 0.2) is 0 Å². The minimum Gasteiger partial charge on any atom is -0.383 e. The Hall–Kier alpha value is 0.160. The van der Waals surface area contributed by atoms with Crippen LogP contribution >= 0.6 is 11.6 Å². The topological polar surface area (TPSA) is 46.6 Å². The van der Waals surface area contributed by atoms with Crippen LogP contribution < -0.4 is 0 Å². The SMILES string of the molecule is CCCCN(CCOC)S(=O)(=O)CCCCl. The molecular formula is C10H22ClNO3S. The van der Waals surface area contributed by atoms with Crippen LogP contribution in [0.3, 0.4) is 0 Å². The summed E-state index contributed by atoms with van der Waals surface area (Å²) in [6, 6.07) is 0. The van der Waals surface area contributed by atoms with E-state index < -0.39 is 10.0 Å². The van der Waals surface area contributed by atoms with Crippen LogP contribution in [0, 0.1) is 0 Å². The first kappa shape index (κ1) is 16.2. The predicted molar refractivity (Wildman–Crippen MR) is 67.5 cm³/mol. The van der Waals surface area contributed by atoms with Gasteiger partial charge in [0, 0.05) is 26.1 Å². The van der Waals surface area contributed by atoms with Crippen molar-refractivity contribution in [3.8, 4) is 0 Å². The van der Waals surface area contributed by atoms with Gasteiger partial charge in [0.1, 0.15) is 0 Å². The zero-order valence-electron chi connectivity index (χ0n) is 10.1. The highest BCUT2D eigenvalue weighted by molar-refractivity contribution is 7.89. The minimum atomic E-state index is -3.16. The van der Waals surface area contributed by atoms with Gasteiger partial charge in [-0.2, -0.15) is 4.31 Å². The summed E-state index contributed by atoms with van der Waals surface area (Å²) in [5, 5.41) is 0. The van der Waals surface area contributed by atoms with E-state index in [0.717, 1.165) is 12.8 Å². The Morgan fingerprint density at radius 2 is 1.94 bits per heavy atom. The second-order valence-electron chi connectivity index (χ2n) is 3.60. The fraction of sp³-hybridized carbons (Fsp3) is 1.00. The van der Waals surface area contributed by atoms with Crippen LogP contribution in [0.5, 0.6) is 0 Å². The zero-order valence-corrected chi connectivity index (χ0v) is 11.7. The number of sulfonamides is 1. The molecule has 16 heavy (non-hydrogen) atoms. The smallest absolute Gasteiger partial charge is 0.214 e. The van der Waals surface area contributed by atoms with Crippen LogP contribution in [0.25, 0.3) is 0 Å². The Morgan fingerprint density at radius 3 is 2.44 bits per heavy atom. The monoisotopic (exact) mass is 271 g/mol. The molecule has 0 N–H and O–H groups in total. The average Bonchev–Trinajstić information content (AvgIpc) is 2.26. The van der Waals surface area contributed by atoms with E-state index in [1.807, 2.05) is 6.92 Å². The fourth-order valence-electron chi connectivity index (χ4n) is 1.28. The lowest BCUT2D eigenvalue weighted by molar-refractivity contribution is 0.178. The number of hydrogen-bond donors (Lipinski definition) is 0. The Bertz CT molecular complexity index is 249. The zero-order chi connectivity index (χ0) is 12.4. The van der Waals surface area contributed by atoms with Crippen molar-refractivity contribution in [2.24, 2.45) is 0 Å². The summed E-state index contributed by atoms with van der Waals surface area (Å²) < 4.78 is 30.3. The van der Waals surface area contributed by atoms with Crippen LogP contribution in [0.1, 0.15) is 26.2 Å². The number of unbranched alkanes of at least 4 members (excludes halogenated alkanes) is 1. The van der Waals surface area contributed by atoms with Crippen molar-refractivity contribution in [2.75, 3.05) is 38.4 Å². The molecule has 0 atom stereocenters. The number of ether oxygens (including phenoxy) is 1. The maximum absolute atomic E-state index is 11.9. The Kier molecular flexibility index (Phi) is 9.31. The summed E-state index contributed by atoms with van der Waals surface area (Å²) in [4.78, 5) is 0. The molecular weight excluding hydrogens is 250 g/mol. The maximum Gasteiger partial charge on any atom is 0.214 e. The highest BCUT2D eigenvalue weighted by atomic mass is 35.5. The van der Waals surface area contributed by atoms with E-state index in [4.69, 9.17) is 16.3 Å². The molecule has 0 rings (SSSR count). The fourth-order valence-corrected chi connectivity index (χ4v) is 3.10. The number of rotatable bonds is 10. The van der Waals surface area contributed by atoms with Gasteiger partial charge in [-0.3, -0.25) is 0 Å². The second kappa shape index (κ2) is 9.22. The van der Waals surface area contributed by atoms with Gasteiger partial charge in [0.25, 0.3) is 0 Å². The van der Waals surface area contributed by atoms with Gasteiger partial charge in [-0.15, -0.1) is 11.6 Å². The molecule has 6 heteroatoms. The molecule has 0 aromatic heterocycles. The van der Waals surface area contributed by atoms with Crippen LogP contribution in [-0.2, 0) is 14.8 Å². The van der Waals surface area contributed by atoms with Gasteiger partial charge < -0.3 is 4.74 Å². The Labute approximate surface area is 104 Å². The molecule has 0 aromatic carbocycles. The van der Waals surface area contributed by atoms with Crippen molar-refractivity contribution in [3.63, 3.8) is 0 Å². The number of nitrogens with zero attached hydrogens (tertiary/aromatic N) is 1. The third kappa shape index (κ3) is 6.68. The molecule has 0 aliphatic heterocycles. The maximum atomic E-state index is 11.9. The normalized spacial score (nSPS) is 12.2. The molecule has 0 saturated heterocycles. The first-order chi connectivity index (χ1) is 7.58. The molecule has 0 fully saturated rings. The van der Waals surface area contributed by atoms with E-state index in [1.165, 1.54) is 4.31 Å². The highest BCUT2D eigenvalue weighted by Gasteiger charge is 2.20. The molecule has 4 nitrogen and oxygen atoms in total. The summed E-state index contributed by atoms with van der Waals surface area (Å²) in [6.45, 7) is 3.48. The molecule has 0 aromatic rings. The molecule has 0 saturated carbocycles. The number of methoxy groups -OCH3 is 1. The third-order valence-electron chi connectivity index (χ3n) is 2.24. The van der Waals surface area contributed by atoms with E-state index in [1.54, 1.807) is 7.11 Å². The van der Waals surface area contributed by atoms with Crippen molar-refractivity contribution in [2.45, 2.75) is 26.2 Å². The second-order valence-corrected chi connectivity index (χ2v) is 6.07. The molecule has 0 aliphatic rings. The van der Waals surface area contributed by atoms with Crippen molar-refractivity contribution in [1.29, 1.82) is 0 Å². The van der Waals surface area contributed by atoms with E-state index in [9.17, 15) is 8.42 Å². The summed E-state index contributed by atoms with van der Waals surface area (Å²) in [7, 11) is -1.59. The lowest BCUT2D eigenvalue weighted by atomic mass is 10.3. The van der Waals surface area contributed by atoms with Crippen LogP contribution in [-0.4, -0.2) is 51.2 Å². The van der Waals surface area contributed by atoms with Crippen molar-refractivity contribution >= 4 is 21.6 Å².